The van der Waals surface area contributed by atoms with Gasteiger partial charge < -0.3 is 4.74 Å². The van der Waals surface area contributed by atoms with Gasteiger partial charge in [-0.15, -0.1) is 0 Å². The van der Waals surface area contributed by atoms with Crippen molar-refractivity contribution in [1.82, 2.24) is 0 Å². The van der Waals surface area contributed by atoms with Crippen molar-refractivity contribution in [2.75, 3.05) is 0 Å². The Bertz CT molecular complexity index is 442. The van der Waals surface area contributed by atoms with Crippen LogP contribution in [0.5, 0.6) is 5.75 Å². The summed E-state index contributed by atoms with van der Waals surface area (Å²) in [5.41, 5.74) is -0.298. The van der Waals surface area contributed by atoms with Gasteiger partial charge in [0.05, 0.1) is 5.56 Å². The van der Waals surface area contributed by atoms with Crippen LogP contribution in [-0.2, 0) is 0 Å². The number of alkyl halides is 3. The molecule has 0 bridgehead atoms. The van der Waals surface area contributed by atoms with Crippen molar-refractivity contribution in [3.05, 3.63) is 29.6 Å². The van der Waals surface area contributed by atoms with Crippen LogP contribution < -0.4 is 4.74 Å². The van der Waals surface area contributed by atoms with Crippen molar-refractivity contribution >= 4 is 0 Å². The number of halogens is 4. The highest BCUT2D eigenvalue weighted by Crippen LogP contribution is 2.29. The van der Waals surface area contributed by atoms with E-state index in [1.54, 1.807) is 0 Å². The van der Waals surface area contributed by atoms with Gasteiger partial charge in [0.1, 0.15) is 17.6 Å². The summed E-state index contributed by atoms with van der Waals surface area (Å²) in [7, 11) is 0. The molecular formula is C11H9F4NO. The molecule has 0 heterocycles. The average Bonchev–Trinajstić information content (AvgIpc) is 2.27. The zero-order valence-corrected chi connectivity index (χ0v) is 8.88. The number of nitriles is 1. The Labute approximate surface area is 95.4 Å². The molecule has 1 unspecified atom stereocenters. The molecule has 6 heteroatoms. The number of rotatable bonds is 4. The summed E-state index contributed by atoms with van der Waals surface area (Å²) >= 11 is 0. The van der Waals surface area contributed by atoms with E-state index in [-0.39, 0.29) is 5.56 Å². The molecule has 0 aromatic heterocycles. The molecule has 0 saturated heterocycles. The zero-order chi connectivity index (χ0) is 13.1. The molecule has 1 atom stereocenters. The van der Waals surface area contributed by atoms with Crippen molar-refractivity contribution in [3.8, 4) is 11.8 Å². The summed E-state index contributed by atoms with van der Waals surface area (Å²) in [6.07, 6.45) is -6.91. The normalized spacial score (nSPS) is 12.9. The molecule has 0 N–H and O–H groups in total. The number of benzene rings is 1. The molecule has 92 valence electrons. The van der Waals surface area contributed by atoms with E-state index in [0.29, 0.717) is 6.07 Å². The van der Waals surface area contributed by atoms with Gasteiger partial charge >= 0.3 is 6.11 Å². The minimum atomic E-state index is -4.02. The Hall–Kier alpha value is -1.77. The lowest BCUT2D eigenvalue weighted by atomic mass is 10.2. The van der Waals surface area contributed by atoms with Gasteiger partial charge in [-0.25, -0.2) is 8.78 Å². The Morgan fingerprint density at radius 2 is 2.12 bits per heavy atom. The maximum Gasteiger partial charge on any atom is 0.429 e. The molecule has 0 amide bonds. The van der Waals surface area contributed by atoms with E-state index in [1.165, 1.54) is 13.0 Å². The van der Waals surface area contributed by atoms with Crippen LogP contribution in [-0.4, -0.2) is 12.3 Å². The van der Waals surface area contributed by atoms with E-state index in [1.807, 2.05) is 0 Å². The van der Waals surface area contributed by atoms with Crippen LogP contribution in [0, 0.1) is 17.1 Å². The second-order valence-corrected chi connectivity index (χ2v) is 3.29. The van der Waals surface area contributed by atoms with Gasteiger partial charge in [0.2, 0.25) is 6.17 Å². The first-order chi connectivity index (χ1) is 7.90. The second-order valence-electron chi connectivity index (χ2n) is 3.29. The molecule has 1 aromatic rings. The molecule has 0 saturated carbocycles. The largest absolute Gasteiger partial charge is 0.430 e. The van der Waals surface area contributed by atoms with Crippen molar-refractivity contribution in [2.45, 2.75) is 25.6 Å². The van der Waals surface area contributed by atoms with Crippen molar-refractivity contribution in [3.63, 3.8) is 0 Å². The lowest BCUT2D eigenvalue weighted by Gasteiger charge is -2.20. The molecule has 0 fully saturated rings. The van der Waals surface area contributed by atoms with Gasteiger partial charge in [-0.1, -0.05) is 6.92 Å². The Balaban J connectivity index is 2.90. The lowest BCUT2D eigenvalue weighted by molar-refractivity contribution is -0.220. The van der Waals surface area contributed by atoms with Crippen molar-refractivity contribution in [1.29, 1.82) is 5.26 Å². The van der Waals surface area contributed by atoms with Crippen LogP contribution in [0.2, 0.25) is 0 Å². The Morgan fingerprint density at radius 1 is 1.47 bits per heavy atom. The van der Waals surface area contributed by atoms with Crippen LogP contribution in [0.25, 0.3) is 0 Å². The third-order valence-electron chi connectivity index (χ3n) is 2.04. The van der Waals surface area contributed by atoms with Gasteiger partial charge in [0, 0.05) is 6.07 Å². The Morgan fingerprint density at radius 3 is 2.59 bits per heavy atom. The van der Waals surface area contributed by atoms with Gasteiger partial charge in [-0.3, -0.25) is 0 Å². The van der Waals surface area contributed by atoms with Gasteiger partial charge in [-0.05, 0) is 18.6 Å². The molecular weight excluding hydrogens is 238 g/mol. The first-order valence-corrected chi connectivity index (χ1v) is 4.81. The molecule has 1 rings (SSSR count). The topological polar surface area (TPSA) is 33.0 Å². The number of hydrogen-bond donors (Lipinski definition) is 0. The number of ether oxygens (including phenoxy) is 1. The van der Waals surface area contributed by atoms with E-state index in [9.17, 15) is 17.6 Å². The fourth-order valence-corrected chi connectivity index (χ4v) is 1.11. The smallest absolute Gasteiger partial charge is 0.429 e. The summed E-state index contributed by atoms with van der Waals surface area (Å²) < 4.78 is 56.0. The number of hydrogen-bond acceptors (Lipinski definition) is 2. The highest BCUT2D eigenvalue weighted by molar-refractivity contribution is 5.36. The molecule has 0 aliphatic carbocycles. The zero-order valence-electron chi connectivity index (χ0n) is 8.88. The summed E-state index contributed by atoms with van der Waals surface area (Å²) in [5.74, 6) is -1.52. The molecule has 2 nitrogen and oxygen atoms in total. The van der Waals surface area contributed by atoms with E-state index in [0.717, 1.165) is 12.1 Å². The molecule has 0 spiro atoms. The highest BCUT2D eigenvalue weighted by Gasteiger charge is 2.41. The molecule has 17 heavy (non-hydrogen) atoms. The maximum atomic E-state index is 13.1. The van der Waals surface area contributed by atoms with E-state index in [2.05, 4.69) is 4.74 Å². The third kappa shape index (κ3) is 3.09. The monoisotopic (exact) mass is 247 g/mol. The van der Waals surface area contributed by atoms with Crippen molar-refractivity contribution < 1.29 is 22.3 Å². The molecule has 0 aliphatic heterocycles. The third-order valence-corrected chi connectivity index (χ3v) is 2.04. The van der Waals surface area contributed by atoms with Crippen molar-refractivity contribution in [2.24, 2.45) is 0 Å². The van der Waals surface area contributed by atoms with Crippen LogP contribution in [0.3, 0.4) is 0 Å². The summed E-state index contributed by atoms with van der Waals surface area (Å²) in [6, 6.07) is 4.12. The van der Waals surface area contributed by atoms with Gasteiger partial charge in [0.25, 0.3) is 0 Å². The fourth-order valence-electron chi connectivity index (χ4n) is 1.11. The lowest BCUT2D eigenvalue weighted by Crippen LogP contribution is -2.35. The minimum Gasteiger partial charge on any atom is -0.430 e. The first-order valence-electron chi connectivity index (χ1n) is 4.81. The van der Waals surface area contributed by atoms with Crippen LogP contribution in [0.15, 0.2) is 18.2 Å². The van der Waals surface area contributed by atoms with Gasteiger partial charge in [0.15, 0.2) is 0 Å². The van der Waals surface area contributed by atoms with Crippen LogP contribution >= 0.6 is 0 Å². The highest BCUT2D eigenvalue weighted by atomic mass is 19.3. The predicted octanol–water partition coefficient (Wildman–Crippen LogP) is 3.42. The van der Waals surface area contributed by atoms with E-state index < -0.39 is 30.3 Å². The van der Waals surface area contributed by atoms with E-state index >= 15 is 0 Å². The maximum absolute atomic E-state index is 13.1. The molecule has 0 radical (unpaired) electrons. The predicted molar refractivity (Wildman–Crippen MR) is 51.9 cm³/mol. The van der Waals surface area contributed by atoms with Crippen LogP contribution in [0.1, 0.15) is 18.9 Å². The summed E-state index contributed by atoms with van der Waals surface area (Å²) in [6.45, 7) is 1.24. The van der Waals surface area contributed by atoms with E-state index in [4.69, 9.17) is 5.26 Å². The molecule has 1 aromatic carbocycles. The van der Waals surface area contributed by atoms with Gasteiger partial charge in [-0.2, -0.15) is 14.0 Å². The quantitative estimate of drug-likeness (QED) is 0.764. The number of nitrogens with zero attached hydrogens (tertiary/aromatic N) is 1. The first kappa shape index (κ1) is 13.3. The summed E-state index contributed by atoms with van der Waals surface area (Å²) in [5, 5.41) is 8.43. The second kappa shape index (κ2) is 5.04. The Kier molecular flexibility index (Phi) is 3.94. The average molecular weight is 247 g/mol. The summed E-state index contributed by atoms with van der Waals surface area (Å²) in [4.78, 5) is 0. The minimum absolute atomic E-state index is 0.298. The fraction of sp³-hybridized carbons (Fsp3) is 0.364. The van der Waals surface area contributed by atoms with Crippen LogP contribution in [0.4, 0.5) is 17.6 Å². The SMILES string of the molecule is CCC(F)C(F)(F)Oc1ccc(C#N)c(F)c1. The molecule has 0 aliphatic rings. The standard InChI is InChI=1S/C11H9F4NO/c1-2-10(13)11(14,15)17-8-4-3-7(6-16)9(12)5-8/h3-5,10H,2H2,1H3.